The minimum absolute atomic E-state index is 0.160. The summed E-state index contributed by atoms with van der Waals surface area (Å²) in [5.74, 6) is 1.24. The summed E-state index contributed by atoms with van der Waals surface area (Å²) >= 11 is 0. The molecular weight excluding hydrogens is 400 g/mol. The van der Waals surface area contributed by atoms with E-state index in [2.05, 4.69) is 5.32 Å². The topological polar surface area (TPSA) is 103 Å². The predicted octanol–water partition coefficient (Wildman–Crippen LogP) is 1.45. The van der Waals surface area contributed by atoms with Gasteiger partial charge in [-0.25, -0.2) is 8.42 Å². The molecule has 2 heterocycles. The third-order valence-electron chi connectivity index (χ3n) is 4.46. The first-order valence-corrected chi connectivity index (χ1v) is 10.5. The number of morpholine rings is 1. The lowest BCUT2D eigenvalue weighted by molar-refractivity contribution is -0.118. The average Bonchev–Trinajstić information content (AvgIpc) is 3.21. The summed E-state index contributed by atoms with van der Waals surface area (Å²) in [6, 6.07) is 11.1. The zero-order valence-electron chi connectivity index (χ0n) is 15.5. The van der Waals surface area contributed by atoms with Crippen molar-refractivity contribution in [1.82, 2.24) is 4.31 Å². The van der Waals surface area contributed by atoms with E-state index in [0.29, 0.717) is 49.2 Å². The van der Waals surface area contributed by atoms with Gasteiger partial charge in [0.1, 0.15) is 5.75 Å². The van der Waals surface area contributed by atoms with Crippen LogP contribution >= 0.6 is 0 Å². The number of anilines is 1. The van der Waals surface area contributed by atoms with Gasteiger partial charge in [0.15, 0.2) is 18.1 Å². The molecule has 0 aliphatic carbocycles. The van der Waals surface area contributed by atoms with Crippen molar-refractivity contribution in [2.45, 2.75) is 4.90 Å². The Balaban J connectivity index is 1.32. The highest BCUT2D eigenvalue weighted by Gasteiger charge is 2.26. The van der Waals surface area contributed by atoms with Gasteiger partial charge < -0.3 is 24.3 Å². The largest absolute Gasteiger partial charge is 0.484 e. The number of sulfonamides is 1. The van der Waals surface area contributed by atoms with Gasteiger partial charge in [-0.15, -0.1) is 0 Å². The van der Waals surface area contributed by atoms with Gasteiger partial charge in [0, 0.05) is 24.8 Å². The van der Waals surface area contributed by atoms with Gasteiger partial charge in [-0.1, -0.05) is 0 Å². The highest BCUT2D eigenvalue weighted by Crippen LogP contribution is 2.34. The molecule has 29 heavy (non-hydrogen) atoms. The maximum absolute atomic E-state index is 12.6. The van der Waals surface area contributed by atoms with Crippen molar-refractivity contribution >= 4 is 21.6 Å². The molecule has 0 unspecified atom stereocenters. The minimum atomic E-state index is -3.56. The van der Waals surface area contributed by atoms with Crippen LogP contribution in [0.5, 0.6) is 17.2 Å². The van der Waals surface area contributed by atoms with E-state index in [0.717, 1.165) is 0 Å². The fourth-order valence-electron chi connectivity index (χ4n) is 2.96. The van der Waals surface area contributed by atoms with Crippen LogP contribution in [0.4, 0.5) is 5.69 Å². The Bertz CT molecular complexity index is 986. The zero-order valence-corrected chi connectivity index (χ0v) is 16.3. The fraction of sp³-hybridized carbons (Fsp3) is 0.316. The summed E-state index contributed by atoms with van der Waals surface area (Å²) in [6.07, 6.45) is 0. The summed E-state index contributed by atoms with van der Waals surface area (Å²) in [6.45, 7) is 1.39. The molecular formula is C19H20N2O7S. The number of hydrogen-bond acceptors (Lipinski definition) is 7. The maximum Gasteiger partial charge on any atom is 0.262 e. The van der Waals surface area contributed by atoms with E-state index in [1.807, 2.05) is 0 Å². The fourth-order valence-corrected chi connectivity index (χ4v) is 4.37. The summed E-state index contributed by atoms with van der Waals surface area (Å²) < 4.78 is 47.7. The van der Waals surface area contributed by atoms with E-state index >= 15 is 0 Å². The molecule has 0 aromatic heterocycles. The molecule has 10 heteroatoms. The third kappa shape index (κ3) is 4.44. The Morgan fingerprint density at radius 3 is 2.52 bits per heavy atom. The predicted molar refractivity (Wildman–Crippen MR) is 103 cm³/mol. The Kier molecular flexibility index (Phi) is 5.56. The van der Waals surface area contributed by atoms with Crippen LogP contribution in [0.2, 0.25) is 0 Å². The molecule has 154 valence electrons. The number of ether oxygens (including phenoxy) is 4. The van der Waals surface area contributed by atoms with Crippen molar-refractivity contribution < 1.29 is 32.2 Å². The van der Waals surface area contributed by atoms with E-state index in [1.54, 1.807) is 18.2 Å². The van der Waals surface area contributed by atoms with Crippen LogP contribution in [-0.2, 0) is 19.6 Å². The first kappa shape index (κ1) is 19.5. The Morgan fingerprint density at radius 2 is 1.76 bits per heavy atom. The molecule has 2 aliphatic rings. The summed E-state index contributed by atoms with van der Waals surface area (Å²) in [5.41, 5.74) is 0.565. The van der Waals surface area contributed by atoms with Crippen LogP contribution in [0.1, 0.15) is 0 Å². The molecule has 9 nitrogen and oxygen atoms in total. The number of rotatable bonds is 6. The van der Waals surface area contributed by atoms with Gasteiger partial charge in [0.05, 0.1) is 18.1 Å². The van der Waals surface area contributed by atoms with E-state index in [4.69, 9.17) is 18.9 Å². The number of hydrogen-bond donors (Lipinski definition) is 1. The average molecular weight is 420 g/mol. The molecule has 0 atom stereocenters. The minimum Gasteiger partial charge on any atom is -0.484 e. The van der Waals surface area contributed by atoms with E-state index in [9.17, 15) is 13.2 Å². The lowest BCUT2D eigenvalue weighted by atomic mass is 10.3. The molecule has 0 spiro atoms. The molecule has 4 rings (SSSR count). The van der Waals surface area contributed by atoms with E-state index in [-0.39, 0.29) is 24.2 Å². The van der Waals surface area contributed by atoms with Gasteiger partial charge in [-0.3, -0.25) is 4.79 Å². The van der Waals surface area contributed by atoms with Crippen LogP contribution in [0.3, 0.4) is 0 Å². The second-order valence-corrected chi connectivity index (χ2v) is 8.33. The van der Waals surface area contributed by atoms with Crippen molar-refractivity contribution in [2.75, 3.05) is 45.0 Å². The molecule has 2 aromatic rings. The van der Waals surface area contributed by atoms with Crippen molar-refractivity contribution in [3.8, 4) is 17.2 Å². The van der Waals surface area contributed by atoms with Crippen LogP contribution < -0.4 is 19.5 Å². The van der Waals surface area contributed by atoms with Gasteiger partial charge in [-0.05, 0) is 36.4 Å². The van der Waals surface area contributed by atoms with Crippen molar-refractivity contribution in [2.24, 2.45) is 0 Å². The highest BCUT2D eigenvalue weighted by atomic mass is 32.2. The van der Waals surface area contributed by atoms with Gasteiger partial charge in [0.25, 0.3) is 5.91 Å². The normalized spacial score (nSPS) is 16.4. The number of nitrogens with one attached hydrogen (secondary N) is 1. The zero-order chi connectivity index (χ0) is 20.3. The molecule has 1 N–H and O–H groups in total. The second kappa shape index (κ2) is 8.27. The first-order valence-electron chi connectivity index (χ1n) is 9.03. The summed E-state index contributed by atoms with van der Waals surface area (Å²) in [7, 11) is -3.56. The first-order chi connectivity index (χ1) is 14.0. The number of carbonyl (C=O) groups is 1. The number of nitrogens with zero attached hydrogens (tertiary/aromatic N) is 1. The monoisotopic (exact) mass is 420 g/mol. The van der Waals surface area contributed by atoms with Crippen molar-refractivity contribution in [1.29, 1.82) is 0 Å². The molecule has 2 aromatic carbocycles. The molecule has 0 radical (unpaired) electrons. The SMILES string of the molecule is O=C(COc1ccc(S(=O)(=O)N2CCOCC2)cc1)Nc1ccc2c(c1)OCO2. The summed E-state index contributed by atoms with van der Waals surface area (Å²) in [5, 5.41) is 2.71. The van der Waals surface area contributed by atoms with Crippen LogP contribution in [-0.4, -0.2) is 58.3 Å². The lowest BCUT2D eigenvalue weighted by Crippen LogP contribution is -2.40. The quantitative estimate of drug-likeness (QED) is 0.754. The van der Waals surface area contributed by atoms with Gasteiger partial charge in [0.2, 0.25) is 16.8 Å². The molecule has 1 saturated heterocycles. The van der Waals surface area contributed by atoms with Gasteiger partial charge in [-0.2, -0.15) is 4.31 Å². The number of fused-ring (bicyclic) bond motifs is 1. The van der Waals surface area contributed by atoms with Crippen LogP contribution in [0.15, 0.2) is 47.4 Å². The standard InChI is InChI=1S/C19H20N2O7S/c22-19(20-14-1-6-17-18(11-14)28-13-27-17)12-26-15-2-4-16(5-3-15)29(23,24)21-7-9-25-10-8-21/h1-6,11H,7-10,12-13H2,(H,20,22). The van der Waals surface area contributed by atoms with Crippen molar-refractivity contribution in [3.05, 3.63) is 42.5 Å². The summed E-state index contributed by atoms with van der Waals surface area (Å²) in [4.78, 5) is 12.3. The molecule has 2 aliphatic heterocycles. The number of amides is 1. The van der Waals surface area contributed by atoms with E-state index < -0.39 is 10.0 Å². The maximum atomic E-state index is 12.6. The molecule has 1 fully saturated rings. The van der Waals surface area contributed by atoms with Crippen LogP contribution in [0, 0.1) is 0 Å². The molecule has 0 bridgehead atoms. The second-order valence-electron chi connectivity index (χ2n) is 6.39. The lowest BCUT2D eigenvalue weighted by Gasteiger charge is -2.26. The van der Waals surface area contributed by atoms with Crippen molar-refractivity contribution in [3.63, 3.8) is 0 Å². The Labute approximate surface area is 168 Å². The molecule has 1 amide bonds. The Morgan fingerprint density at radius 1 is 1.03 bits per heavy atom. The molecule has 0 saturated carbocycles. The van der Waals surface area contributed by atoms with E-state index in [1.165, 1.54) is 28.6 Å². The van der Waals surface area contributed by atoms with Gasteiger partial charge >= 0.3 is 0 Å². The highest BCUT2D eigenvalue weighted by molar-refractivity contribution is 7.89. The smallest absolute Gasteiger partial charge is 0.262 e. The van der Waals surface area contributed by atoms with Crippen LogP contribution in [0.25, 0.3) is 0 Å². The third-order valence-corrected chi connectivity index (χ3v) is 6.37. The number of carbonyl (C=O) groups excluding carboxylic acids is 1. The number of benzene rings is 2. The Hall–Kier alpha value is -2.82.